The number of hydrogen-bond donors (Lipinski definition) is 2. The second-order valence-corrected chi connectivity index (χ2v) is 3.86. The summed E-state index contributed by atoms with van der Waals surface area (Å²) in [5.41, 5.74) is 0. The molecular weight excluding hydrogens is 197 g/mol. The molecule has 0 radical (unpaired) electrons. The highest BCUT2D eigenvalue weighted by Crippen LogP contribution is 2.35. The SMILES string of the molecule is COCCN(C)CCOP(=O)(O)O. The third-order valence-electron chi connectivity index (χ3n) is 1.41. The fraction of sp³-hybridized carbons (Fsp3) is 1.00. The maximum atomic E-state index is 10.3. The smallest absolute Gasteiger partial charge is 0.383 e. The second-order valence-electron chi connectivity index (χ2n) is 2.62. The van der Waals surface area contributed by atoms with E-state index in [2.05, 4.69) is 4.52 Å². The van der Waals surface area contributed by atoms with Crippen LogP contribution in [-0.4, -0.2) is 55.1 Å². The molecule has 0 aromatic rings. The van der Waals surface area contributed by atoms with Gasteiger partial charge in [0.05, 0.1) is 13.2 Å². The van der Waals surface area contributed by atoms with Crippen LogP contribution in [0.3, 0.4) is 0 Å². The van der Waals surface area contributed by atoms with Crippen molar-refractivity contribution in [2.75, 3.05) is 40.5 Å². The summed E-state index contributed by atoms with van der Waals surface area (Å²) in [6.07, 6.45) is 0. The van der Waals surface area contributed by atoms with Crippen molar-refractivity contribution in [3.8, 4) is 0 Å². The standard InChI is InChI=1S/C6H16NO5P/c1-7(3-5-11-2)4-6-12-13(8,9)10/h3-6H2,1-2H3,(H2,8,9,10). The Bertz CT molecular complexity index is 170. The number of hydrogen-bond acceptors (Lipinski definition) is 4. The number of phosphoric ester groups is 1. The second kappa shape index (κ2) is 6.48. The molecule has 0 saturated carbocycles. The molecule has 13 heavy (non-hydrogen) atoms. The number of ether oxygens (including phenoxy) is 1. The minimum atomic E-state index is -4.31. The molecule has 0 amide bonds. The predicted molar refractivity (Wildman–Crippen MR) is 47.4 cm³/mol. The fourth-order valence-corrected chi connectivity index (χ4v) is 0.994. The first-order valence-corrected chi connectivity index (χ1v) is 5.36. The van der Waals surface area contributed by atoms with E-state index >= 15 is 0 Å². The third-order valence-corrected chi connectivity index (χ3v) is 1.93. The van der Waals surface area contributed by atoms with Crippen LogP contribution >= 0.6 is 7.82 Å². The maximum absolute atomic E-state index is 10.3. The quantitative estimate of drug-likeness (QED) is 0.564. The first-order chi connectivity index (χ1) is 5.95. The zero-order valence-electron chi connectivity index (χ0n) is 7.84. The van der Waals surface area contributed by atoms with Gasteiger partial charge in [0, 0.05) is 20.2 Å². The summed E-state index contributed by atoms with van der Waals surface area (Å²) < 4.78 is 19.3. The van der Waals surface area contributed by atoms with E-state index in [4.69, 9.17) is 14.5 Å². The average molecular weight is 213 g/mol. The molecule has 0 saturated heterocycles. The van der Waals surface area contributed by atoms with Gasteiger partial charge in [-0.05, 0) is 7.05 Å². The van der Waals surface area contributed by atoms with Gasteiger partial charge in [-0.25, -0.2) is 4.57 Å². The van der Waals surface area contributed by atoms with E-state index in [0.717, 1.165) is 0 Å². The molecule has 0 spiro atoms. The van der Waals surface area contributed by atoms with Crippen LogP contribution in [0.1, 0.15) is 0 Å². The molecule has 0 aromatic heterocycles. The predicted octanol–water partition coefficient (Wildman–Crippen LogP) is -0.326. The van der Waals surface area contributed by atoms with Gasteiger partial charge < -0.3 is 19.4 Å². The molecule has 80 valence electrons. The molecule has 2 N–H and O–H groups in total. The van der Waals surface area contributed by atoms with Crippen LogP contribution in [0.15, 0.2) is 0 Å². The number of nitrogens with zero attached hydrogens (tertiary/aromatic N) is 1. The lowest BCUT2D eigenvalue weighted by Crippen LogP contribution is -2.26. The van der Waals surface area contributed by atoms with E-state index in [1.54, 1.807) is 7.11 Å². The van der Waals surface area contributed by atoms with Gasteiger partial charge in [-0.3, -0.25) is 4.52 Å². The zero-order chi connectivity index (χ0) is 10.3. The largest absolute Gasteiger partial charge is 0.469 e. The van der Waals surface area contributed by atoms with Crippen LogP contribution in [0, 0.1) is 0 Å². The van der Waals surface area contributed by atoms with Crippen molar-refractivity contribution in [2.24, 2.45) is 0 Å². The molecule has 0 aliphatic rings. The topological polar surface area (TPSA) is 79.2 Å². The van der Waals surface area contributed by atoms with E-state index in [1.807, 2.05) is 11.9 Å². The van der Waals surface area contributed by atoms with Crippen molar-refractivity contribution >= 4 is 7.82 Å². The summed E-state index contributed by atoms with van der Waals surface area (Å²) in [6.45, 7) is 1.78. The Balaban J connectivity index is 3.37. The van der Waals surface area contributed by atoms with E-state index in [1.165, 1.54) is 0 Å². The lowest BCUT2D eigenvalue weighted by atomic mass is 10.5. The van der Waals surface area contributed by atoms with Crippen LogP contribution in [0.5, 0.6) is 0 Å². The summed E-state index contributed by atoms with van der Waals surface area (Å²) in [4.78, 5) is 18.6. The number of methoxy groups -OCH3 is 1. The van der Waals surface area contributed by atoms with Crippen molar-refractivity contribution in [1.29, 1.82) is 0 Å². The molecular formula is C6H16NO5P. The summed E-state index contributed by atoms with van der Waals surface area (Å²) in [7, 11) is -0.887. The van der Waals surface area contributed by atoms with Gasteiger partial charge >= 0.3 is 7.82 Å². The lowest BCUT2D eigenvalue weighted by molar-refractivity contribution is 0.138. The molecule has 7 heteroatoms. The van der Waals surface area contributed by atoms with E-state index in [0.29, 0.717) is 19.7 Å². The molecule has 0 fully saturated rings. The molecule has 0 aliphatic carbocycles. The Kier molecular flexibility index (Phi) is 6.49. The number of likely N-dealkylation sites (N-methyl/N-ethyl adjacent to an activating group) is 1. The van der Waals surface area contributed by atoms with Gasteiger partial charge in [-0.1, -0.05) is 0 Å². The Morgan fingerprint density at radius 3 is 2.31 bits per heavy atom. The van der Waals surface area contributed by atoms with Gasteiger partial charge in [0.15, 0.2) is 0 Å². The van der Waals surface area contributed by atoms with Gasteiger partial charge in [-0.2, -0.15) is 0 Å². The Hall–Kier alpha value is 0.0300. The highest BCUT2D eigenvalue weighted by atomic mass is 31.2. The van der Waals surface area contributed by atoms with Crippen LogP contribution in [0.2, 0.25) is 0 Å². The zero-order valence-corrected chi connectivity index (χ0v) is 8.74. The van der Waals surface area contributed by atoms with Crippen molar-refractivity contribution in [3.63, 3.8) is 0 Å². The van der Waals surface area contributed by atoms with Crippen LogP contribution in [0.4, 0.5) is 0 Å². The fourth-order valence-electron chi connectivity index (χ4n) is 0.675. The summed E-state index contributed by atoms with van der Waals surface area (Å²) >= 11 is 0. The Morgan fingerprint density at radius 2 is 1.85 bits per heavy atom. The molecule has 0 heterocycles. The highest BCUT2D eigenvalue weighted by Gasteiger charge is 2.13. The van der Waals surface area contributed by atoms with Gasteiger partial charge in [-0.15, -0.1) is 0 Å². The number of phosphoric acid groups is 1. The van der Waals surface area contributed by atoms with E-state index in [9.17, 15) is 4.57 Å². The minimum Gasteiger partial charge on any atom is -0.383 e. The van der Waals surface area contributed by atoms with E-state index in [-0.39, 0.29) is 6.61 Å². The van der Waals surface area contributed by atoms with Gasteiger partial charge in [0.25, 0.3) is 0 Å². The summed E-state index contributed by atoms with van der Waals surface area (Å²) in [5.74, 6) is 0. The van der Waals surface area contributed by atoms with Crippen LogP contribution in [0.25, 0.3) is 0 Å². The van der Waals surface area contributed by atoms with Crippen molar-refractivity contribution in [1.82, 2.24) is 4.90 Å². The molecule has 0 rings (SSSR count). The first-order valence-electron chi connectivity index (χ1n) is 3.83. The molecule has 0 unspecified atom stereocenters. The highest BCUT2D eigenvalue weighted by molar-refractivity contribution is 7.46. The molecule has 0 aromatic carbocycles. The lowest BCUT2D eigenvalue weighted by Gasteiger charge is -2.15. The van der Waals surface area contributed by atoms with Crippen molar-refractivity contribution in [3.05, 3.63) is 0 Å². The van der Waals surface area contributed by atoms with Crippen molar-refractivity contribution < 1.29 is 23.6 Å². The Morgan fingerprint density at radius 1 is 1.31 bits per heavy atom. The van der Waals surface area contributed by atoms with Crippen molar-refractivity contribution in [2.45, 2.75) is 0 Å². The Labute approximate surface area is 77.7 Å². The monoisotopic (exact) mass is 213 g/mol. The van der Waals surface area contributed by atoms with Gasteiger partial charge in [0.2, 0.25) is 0 Å². The normalized spacial score (nSPS) is 12.4. The minimum absolute atomic E-state index is 0.0183. The third kappa shape index (κ3) is 9.95. The summed E-state index contributed by atoms with van der Waals surface area (Å²) in [6, 6.07) is 0. The number of rotatable bonds is 7. The van der Waals surface area contributed by atoms with E-state index < -0.39 is 7.82 Å². The maximum Gasteiger partial charge on any atom is 0.469 e. The molecule has 0 bridgehead atoms. The van der Waals surface area contributed by atoms with Crippen LogP contribution < -0.4 is 0 Å². The molecule has 6 nitrogen and oxygen atoms in total. The van der Waals surface area contributed by atoms with Gasteiger partial charge in [0.1, 0.15) is 0 Å². The molecule has 0 aliphatic heterocycles. The summed E-state index contributed by atoms with van der Waals surface area (Å²) in [5, 5.41) is 0. The molecule has 0 atom stereocenters. The average Bonchev–Trinajstić information content (AvgIpc) is 1.98. The van der Waals surface area contributed by atoms with Crippen LogP contribution in [-0.2, 0) is 13.8 Å². The first kappa shape index (κ1) is 13.0.